The summed E-state index contributed by atoms with van der Waals surface area (Å²) in [4.78, 5) is -0.124. The number of nitrogens with zero attached hydrogens (tertiary/aromatic N) is 2. The van der Waals surface area contributed by atoms with Crippen molar-refractivity contribution in [3.63, 3.8) is 0 Å². The summed E-state index contributed by atoms with van der Waals surface area (Å²) in [6.45, 7) is -0.892. The molecule has 0 amide bonds. The fourth-order valence-corrected chi connectivity index (χ4v) is 1.78. The number of aromatic nitrogens is 2. The molecule has 8 heteroatoms. The molecule has 0 radical (unpaired) electrons. The van der Waals surface area contributed by atoms with E-state index in [0.717, 1.165) is 6.20 Å². The first-order valence-electron chi connectivity index (χ1n) is 3.68. The molecule has 0 unspecified atom stereocenters. The molecule has 0 spiro atoms. The van der Waals surface area contributed by atoms with E-state index in [1.807, 2.05) is 0 Å². The van der Waals surface area contributed by atoms with Gasteiger partial charge in [0.25, 0.3) is 6.43 Å². The first-order chi connectivity index (χ1) is 6.42. The Bertz CT molecular complexity index is 401. The highest BCUT2D eigenvalue weighted by molar-refractivity contribution is 7.89. The van der Waals surface area contributed by atoms with Crippen molar-refractivity contribution in [2.45, 2.75) is 11.3 Å². The van der Waals surface area contributed by atoms with Gasteiger partial charge in [-0.05, 0) is 0 Å². The fourth-order valence-electron chi connectivity index (χ4n) is 0.794. The molecule has 1 N–H and O–H groups in total. The van der Waals surface area contributed by atoms with Crippen LogP contribution in [0.25, 0.3) is 0 Å². The highest BCUT2D eigenvalue weighted by Gasteiger charge is 2.17. The standard InChI is InChI=1S/C6H9F2N3O2S/c1-11-4-5(2-9-11)14(12,13)10-3-6(7)8/h2,4,6,10H,3H2,1H3. The molecule has 1 aromatic rings. The molecule has 0 aromatic carbocycles. The van der Waals surface area contributed by atoms with Crippen molar-refractivity contribution < 1.29 is 17.2 Å². The number of nitrogens with one attached hydrogen (secondary N) is 1. The molecule has 0 atom stereocenters. The topological polar surface area (TPSA) is 64.0 Å². The third-order valence-electron chi connectivity index (χ3n) is 1.42. The van der Waals surface area contributed by atoms with Crippen LogP contribution in [0.3, 0.4) is 0 Å². The van der Waals surface area contributed by atoms with E-state index in [1.165, 1.54) is 17.9 Å². The Morgan fingerprint density at radius 1 is 1.64 bits per heavy atom. The lowest BCUT2D eigenvalue weighted by molar-refractivity contribution is 0.153. The van der Waals surface area contributed by atoms with Gasteiger partial charge in [0.05, 0.1) is 12.7 Å². The number of hydrogen-bond donors (Lipinski definition) is 1. The van der Waals surface area contributed by atoms with Gasteiger partial charge in [-0.25, -0.2) is 21.9 Å². The number of rotatable bonds is 4. The van der Waals surface area contributed by atoms with E-state index in [0.29, 0.717) is 0 Å². The Morgan fingerprint density at radius 2 is 2.29 bits per heavy atom. The summed E-state index contributed by atoms with van der Waals surface area (Å²) in [7, 11) is -2.31. The highest BCUT2D eigenvalue weighted by Crippen LogP contribution is 2.05. The van der Waals surface area contributed by atoms with Crippen LogP contribution in [0, 0.1) is 0 Å². The van der Waals surface area contributed by atoms with Crippen LogP contribution in [-0.4, -0.2) is 31.2 Å². The fraction of sp³-hybridized carbons (Fsp3) is 0.500. The third kappa shape index (κ3) is 2.74. The minimum Gasteiger partial charge on any atom is -0.274 e. The number of sulfonamides is 1. The zero-order valence-electron chi connectivity index (χ0n) is 7.31. The average Bonchev–Trinajstić information content (AvgIpc) is 2.49. The Kier molecular flexibility index (Phi) is 3.17. The predicted molar refractivity (Wildman–Crippen MR) is 44.4 cm³/mol. The smallest absolute Gasteiger partial charge is 0.251 e. The van der Waals surface area contributed by atoms with E-state index in [-0.39, 0.29) is 4.90 Å². The SMILES string of the molecule is Cn1cc(S(=O)(=O)NCC(F)F)cn1. The minimum absolute atomic E-state index is 0.124. The molecular formula is C6H9F2N3O2S. The molecule has 0 bridgehead atoms. The molecule has 0 saturated carbocycles. The zero-order chi connectivity index (χ0) is 10.8. The maximum Gasteiger partial charge on any atom is 0.251 e. The molecule has 0 fully saturated rings. The van der Waals surface area contributed by atoms with Gasteiger partial charge in [-0.3, -0.25) is 4.68 Å². The van der Waals surface area contributed by atoms with Crippen LogP contribution in [0.15, 0.2) is 17.3 Å². The summed E-state index contributed by atoms with van der Waals surface area (Å²) in [6, 6.07) is 0. The van der Waals surface area contributed by atoms with Gasteiger partial charge >= 0.3 is 0 Å². The van der Waals surface area contributed by atoms with Crippen molar-refractivity contribution >= 4 is 10.0 Å². The summed E-state index contributed by atoms with van der Waals surface area (Å²) in [6.07, 6.45) is -0.386. The Hall–Kier alpha value is -1.02. The van der Waals surface area contributed by atoms with E-state index in [1.54, 1.807) is 4.72 Å². The van der Waals surface area contributed by atoms with Gasteiger partial charge in [-0.15, -0.1) is 0 Å². The van der Waals surface area contributed by atoms with Crippen LogP contribution in [0.4, 0.5) is 8.78 Å². The summed E-state index contributed by atoms with van der Waals surface area (Å²) in [5.74, 6) is 0. The number of aryl methyl sites for hydroxylation is 1. The second-order valence-electron chi connectivity index (χ2n) is 2.59. The summed E-state index contributed by atoms with van der Waals surface area (Å²) in [5, 5.41) is 3.62. The molecule has 14 heavy (non-hydrogen) atoms. The monoisotopic (exact) mass is 225 g/mol. The molecule has 0 aliphatic heterocycles. The summed E-state index contributed by atoms with van der Waals surface area (Å²) >= 11 is 0. The zero-order valence-corrected chi connectivity index (χ0v) is 8.13. The van der Waals surface area contributed by atoms with Crippen molar-refractivity contribution in [2.24, 2.45) is 7.05 Å². The molecule has 5 nitrogen and oxygen atoms in total. The van der Waals surface area contributed by atoms with Crippen molar-refractivity contribution in [3.05, 3.63) is 12.4 Å². The molecule has 1 aromatic heterocycles. The van der Waals surface area contributed by atoms with Crippen molar-refractivity contribution in [3.8, 4) is 0 Å². The summed E-state index contributed by atoms with van der Waals surface area (Å²) in [5.41, 5.74) is 0. The van der Waals surface area contributed by atoms with Crippen LogP contribution in [0.5, 0.6) is 0 Å². The lowest BCUT2D eigenvalue weighted by Gasteiger charge is -2.02. The van der Waals surface area contributed by atoms with Crippen molar-refractivity contribution in [1.29, 1.82) is 0 Å². The normalized spacial score (nSPS) is 12.3. The molecular weight excluding hydrogens is 216 g/mol. The molecule has 80 valence electrons. The lowest BCUT2D eigenvalue weighted by Crippen LogP contribution is -2.28. The second-order valence-corrected chi connectivity index (χ2v) is 4.36. The van der Waals surface area contributed by atoms with Crippen molar-refractivity contribution in [1.82, 2.24) is 14.5 Å². The maximum atomic E-state index is 11.7. The number of halogens is 2. The lowest BCUT2D eigenvalue weighted by atomic mass is 10.7. The van der Waals surface area contributed by atoms with Gasteiger partial charge in [0.2, 0.25) is 10.0 Å². The van der Waals surface area contributed by atoms with E-state index >= 15 is 0 Å². The first kappa shape index (κ1) is 11.1. The van der Waals surface area contributed by atoms with Crippen LogP contribution >= 0.6 is 0 Å². The van der Waals surface area contributed by atoms with Gasteiger partial charge in [-0.1, -0.05) is 0 Å². The predicted octanol–water partition coefficient (Wildman–Crippen LogP) is -0.0365. The average molecular weight is 225 g/mol. The first-order valence-corrected chi connectivity index (χ1v) is 5.16. The van der Waals surface area contributed by atoms with Gasteiger partial charge < -0.3 is 0 Å². The maximum absolute atomic E-state index is 11.7. The van der Waals surface area contributed by atoms with E-state index in [2.05, 4.69) is 5.10 Å². The quantitative estimate of drug-likeness (QED) is 0.782. The van der Waals surface area contributed by atoms with Gasteiger partial charge in [0.1, 0.15) is 4.90 Å². The molecule has 0 aliphatic rings. The summed E-state index contributed by atoms with van der Waals surface area (Å²) < 4.78 is 49.0. The Balaban J connectivity index is 2.76. The highest BCUT2D eigenvalue weighted by atomic mass is 32.2. The Labute approximate surface area is 79.8 Å². The largest absolute Gasteiger partial charge is 0.274 e. The molecule has 1 rings (SSSR count). The van der Waals surface area contributed by atoms with Gasteiger partial charge in [0, 0.05) is 13.2 Å². The van der Waals surface area contributed by atoms with E-state index < -0.39 is 23.0 Å². The molecule has 0 saturated heterocycles. The van der Waals surface area contributed by atoms with Gasteiger partial charge in [-0.2, -0.15) is 5.10 Å². The van der Waals surface area contributed by atoms with E-state index in [9.17, 15) is 17.2 Å². The van der Waals surface area contributed by atoms with Crippen LogP contribution in [0.2, 0.25) is 0 Å². The molecule has 0 aliphatic carbocycles. The van der Waals surface area contributed by atoms with Crippen LogP contribution in [-0.2, 0) is 17.1 Å². The van der Waals surface area contributed by atoms with Crippen LogP contribution < -0.4 is 4.72 Å². The van der Waals surface area contributed by atoms with E-state index in [4.69, 9.17) is 0 Å². The molecule has 1 heterocycles. The number of alkyl halides is 2. The number of hydrogen-bond acceptors (Lipinski definition) is 3. The minimum atomic E-state index is -3.85. The third-order valence-corrected chi connectivity index (χ3v) is 2.80. The van der Waals surface area contributed by atoms with Crippen molar-refractivity contribution in [2.75, 3.05) is 6.54 Å². The Morgan fingerprint density at radius 3 is 2.71 bits per heavy atom. The van der Waals surface area contributed by atoms with Crippen LogP contribution in [0.1, 0.15) is 0 Å². The second kappa shape index (κ2) is 4.01. The van der Waals surface area contributed by atoms with Gasteiger partial charge in [0.15, 0.2) is 0 Å².